The summed E-state index contributed by atoms with van der Waals surface area (Å²) in [6.45, 7) is 8.63. The van der Waals surface area contributed by atoms with Gasteiger partial charge in [-0.3, -0.25) is 9.69 Å². The third kappa shape index (κ3) is 5.09. The number of ether oxygens (including phenoxy) is 1. The molecule has 3 N–H and O–H groups in total. The minimum absolute atomic E-state index is 0.129. The van der Waals surface area contributed by atoms with E-state index in [4.69, 9.17) is 10.5 Å². The molecule has 0 radical (unpaired) electrons. The van der Waals surface area contributed by atoms with Crippen LogP contribution in [0.5, 0.6) is 0 Å². The molecule has 2 rings (SSSR count). The molecule has 22 heavy (non-hydrogen) atoms. The van der Waals surface area contributed by atoms with Crippen molar-refractivity contribution in [1.29, 1.82) is 0 Å². The number of morpholine rings is 1. The summed E-state index contributed by atoms with van der Waals surface area (Å²) < 4.78 is 5.35. The molecule has 0 bridgehead atoms. The van der Waals surface area contributed by atoms with Crippen LogP contribution in [0.25, 0.3) is 0 Å². The van der Waals surface area contributed by atoms with Crippen LogP contribution in [-0.2, 0) is 16.0 Å². The zero-order valence-corrected chi connectivity index (χ0v) is 13.5. The number of rotatable bonds is 6. The number of carbonyl (C=O) groups excluding carboxylic acids is 1. The van der Waals surface area contributed by atoms with Gasteiger partial charge in [0.2, 0.25) is 5.91 Å². The monoisotopic (exact) mass is 305 g/mol. The molecule has 1 amide bonds. The molecule has 1 aromatic rings. The maximum atomic E-state index is 11.9. The van der Waals surface area contributed by atoms with Gasteiger partial charge in [-0.1, -0.05) is 26.0 Å². The van der Waals surface area contributed by atoms with E-state index in [0.717, 1.165) is 45.0 Å². The van der Waals surface area contributed by atoms with Gasteiger partial charge in [-0.2, -0.15) is 0 Å². The summed E-state index contributed by atoms with van der Waals surface area (Å²) in [5, 5.41) is 2.86. The first-order valence-corrected chi connectivity index (χ1v) is 8.02. The lowest BCUT2D eigenvalue weighted by atomic mass is 10.0. The molecular formula is C17H27N3O2. The van der Waals surface area contributed by atoms with Crippen molar-refractivity contribution < 1.29 is 9.53 Å². The molecule has 0 spiro atoms. The highest BCUT2D eigenvalue weighted by Crippen LogP contribution is 2.12. The van der Waals surface area contributed by atoms with E-state index in [2.05, 4.69) is 22.3 Å². The minimum Gasteiger partial charge on any atom is -0.379 e. The van der Waals surface area contributed by atoms with Crippen LogP contribution in [0.4, 0.5) is 5.69 Å². The molecule has 1 aliphatic rings. The maximum absolute atomic E-state index is 11.9. The summed E-state index contributed by atoms with van der Waals surface area (Å²) in [7, 11) is 0. The van der Waals surface area contributed by atoms with Crippen molar-refractivity contribution in [3.8, 4) is 0 Å². The SMILES string of the molecule is CC(C)[C@H](N)C(=O)Nc1ccc(CCN2CCOCC2)cc1. The molecule has 1 atom stereocenters. The average molecular weight is 305 g/mol. The Kier molecular flexibility index (Phi) is 6.36. The van der Waals surface area contributed by atoms with Crippen LogP contribution in [0.3, 0.4) is 0 Å². The lowest BCUT2D eigenvalue weighted by Crippen LogP contribution is -2.39. The normalized spacial score (nSPS) is 17.5. The topological polar surface area (TPSA) is 67.6 Å². The largest absolute Gasteiger partial charge is 0.379 e. The van der Waals surface area contributed by atoms with E-state index in [1.54, 1.807) is 0 Å². The molecule has 1 aliphatic heterocycles. The molecule has 1 fully saturated rings. The Bertz CT molecular complexity index is 467. The molecule has 122 valence electrons. The maximum Gasteiger partial charge on any atom is 0.241 e. The van der Waals surface area contributed by atoms with Crippen LogP contribution < -0.4 is 11.1 Å². The average Bonchev–Trinajstić information content (AvgIpc) is 2.54. The standard InChI is InChI=1S/C17H27N3O2/c1-13(2)16(18)17(21)19-15-5-3-14(4-6-15)7-8-20-9-11-22-12-10-20/h3-6,13,16H,7-12,18H2,1-2H3,(H,19,21)/t16-/m0/s1. The summed E-state index contributed by atoms with van der Waals surface area (Å²) >= 11 is 0. The van der Waals surface area contributed by atoms with Gasteiger partial charge in [0, 0.05) is 25.3 Å². The fourth-order valence-corrected chi connectivity index (χ4v) is 2.40. The molecule has 0 saturated carbocycles. The van der Waals surface area contributed by atoms with E-state index in [1.807, 2.05) is 26.0 Å². The third-order valence-electron chi connectivity index (χ3n) is 4.06. The molecule has 0 aliphatic carbocycles. The fraction of sp³-hybridized carbons (Fsp3) is 0.588. The molecule has 0 aromatic heterocycles. The van der Waals surface area contributed by atoms with E-state index in [-0.39, 0.29) is 11.8 Å². The molecule has 1 saturated heterocycles. The van der Waals surface area contributed by atoms with Gasteiger partial charge >= 0.3 is 0 Å². The Labute approximate surface area is 132 Å². The Balaban J connectivity index is 1.80. The number of amides is 1. The minimum atomic E-state index is -0.471. The molecule has 1 heterocycles. The van der Waals surface area contributed by atoms with Crippen LogP contribution in [0.1, 0.15) is 19.4 Å². The van der Waals surface area contributed by atoms with Gasteiger partial charge in [-0.15, -0.1) is 0 Å². The van der Waals surface area contributed by atoms with Gasteiger partial charge in [-0.05, 0) is 30.0 Å². The Morgan fingerprint density at radius 2 is 1.91 bits per heavy atom. The molecular weight excluding hydrogens is 278 g/mol. The number of carbonyl (C=O) groups is 1. The number of nitrogens with two attached hydrogens (primary N) is 1. The quantitative estimate of drug-likeness (QED) is 0.835. The van der Waals surface area contributed by atoms with Gasteiger partial charge in [-0.25, -0.2) is 0 Å². The Hall–Kier alpha value is -1.43. The number of hydrogen-bond donors (Lipinski definition) is 2. The smallest absolute Gasteiger partial charge is 0.241 e. The van der Waals surface area contributed by atoms with Crippen LogP contribution >= 0.6 is 0 Å². The molecule has 1 aromatic carbocycles. The number of nitrogens with one attached hydrogen (secondary N) is 1. The van der Waals surface area contributed by atoms with Crippen molar-refractivity contribution in [3.05, 3.63) is 29.8 Å². The van der Waals surface area contributed by atoms with Crippen LogP contribution in [0.15, 0.2) is 24.3 Å². The van der Waals surface area contributed by atoms with Gasteiger partial charge in [0.1, 0.15) is 0 Å². The van der Waals surface area contributed by atoms with E-state index in [9.17, 15) is 4.79 Å². The third-order valence-corrected chi connectivity index (χ3v) is 4.06. The first-order chi connectivity index (χ1) is 10.6. The number of anilines is 1. The van der Waals surface area contributed by atoms with Crippen molar-refractivity contribution in [2.24, 2.45) is 11.7 Å². The fourth-order valence-electron chi connectivity index (χ4n) is 2.40. The molecule has 5 nitrogen and oxygen atoms in total. The Morgan fingerprint density at radius 1 is 1.27 bits per heavy atom. The van der Waals surface area contributed by atoms with Crippen molar-refractivity contribution >= 4 is 11.6 Å². The lowest BCUT2D eigenvalue weighted by Gasteiger charge is -2.26. The molecule has 5 heteroatoms. The second-order valence-corrected chi connectivity index (χ2v) is 6.16. The highest BCUT2D eigenvalue weighted by atomic mass is 16.5. The van der Waals surface area contributed by atoms with Crippen molar-refractivity contribution in [3.63, 3.8) is 0 Å². The van der Waals surface area contributed by atoms with Gasteiger partial charge in [0.25, 0.3) is 0 Å². The van der Waals surface area contributed by atoms with Gasteiger partial charge in [0.15, 0.2) is 0 Å². The Morgan fingerprint density at radius 3 is 2.50 bits per heavy atom. The van der Waals surface area contributed by atoms with Crippen molar-refractivity contribution in [2.45, 2.75) is 26.3 Å². The predicted molar refractivity (Wildman–Crippen MR) is 88.8 cm³/mol. The summed E-state index contributed by atoms with van der Waals surface area (Å²) in [5.41, 5.74) is 7.92. The van der Waals surface area contributed by atoms with Crippen molar-refractivity contribution in [2.75, 3.05) is 38.2 Å². The summed E-state index contributed by atoms with van der Waals surface area (Å²) in [6, 6.07) is 7.55. The summed E-state index contributed by atoms with van der Waals surface area (Å²) in [6.07, 6.45) is 1.01. The second kappa shape index (κ2) is 8.27. The van der Waals surface area contributed by atoms with Crippen LogP contribution in [0.2, 0.25) is 0 Å². The second-order valence-electron chi connectivity index (χ2n) is 6.16. The van der Waals surface area contributed by atoms with E-state index < -0.39 is 6.04 Å². The highest BCUT2D eigenvalue weighted by molar-refractivity contribution is 5.94. The highest BCUT2D eigenvalue weighted by Gasteiger charge is 2.17. The van der Waals surface area contributed by atoms with Gasteiger partial charge < -0.3 is 15.8 Å². The van der Waals surface area contributed by atoms with E-state index >= 15 is 0 Å². The number of benzene rings is 1. The number of hydrogen-bond acceptors (Lipinski definition) is 4. The van der Waals surface area contributed by atoms with Gasteiger partial charge in [0.05, 0.1) is 19.3 Å². The summed E-state index contributed by atoms with van der Waals surface area (Å²) in [5.74, 6) is 0.00358. The zero-order valence-electron chi connectivity index (χ0n) is 13.5. The first kappa shape index (κ1) is 16.9. The van der Waals surface area contributed by atoms with Crippen LogP contribution in [-0.4, -0.2) is 49.7 Å². The first-order valence-electron chi connectivity index (χ1n) is 8.02. The number of nitrogens with zero attached hydrogens (tertiary/aromatic N) is 1. The predicted octanol–water partition coefficient (Wildman–Crippen LogP) is 1.48. The zero-order chi connectivity index (χ0) is 15.9. The van der Waals surface area contributed by atoms with E-state index in [1.165, 1.54) is 5.56 Å². The van der Waals surface area contributed by atoms with E-state index in [0.29, 0.717) is 0 Å². The van der Waals surface area contributed by atoms with Crippen molar-refractivity contribution in [1.82, 2.24) is 4.90 Å². The van der Waals surface area contributed by atoms with Crippen LogP contribution in [0, 0.1) is 5.92 Å². The molecule has 0 unspecified atom stereocenters. The summed E-state index contributed by atoms with van der Waals surface area (Å²) in [4.78, 5) is 14.3. The lowest BCUT2D eigenvalue weighted by molar-refractivity contribution is -0.118.